The van der Waals surface area contributed by atoms with Gasteiger partial charge in [-0.3, -0.25) is 15.1 Å². The molecule has 0 bridgehead atoms. The van der Waals surface area contributed by atoms with Gasteiger partial charge in [0.15, 0.2) is 0 Å². The summed E-state index contributed by atoms with van der Waals surface area (Å²) in [7, 11) is 0. The summed E-state index contributed by atoms with van der Waals surface area (Å²) in [5.74, 6) is 6.90. The lowest BCUT2D eigenvalue weighted by Gasteiger charge is -2.14. The van der Waals surface area contributed by atoms with Crippen LogP contribution in [-0.2, 0) is 6.54 Å². The fourth-order valence-electron chi connectivity index (χ4n) is 2.32. The van der Waals surface area contributed by atoms with Crippen molar-refractivity contribution in [3.05, 3.63) is 23.7 Å². The topological polar surface area (TPSA) is 71.5 Å². The Bertz CT molecular complexity index is 392. The Hall–Kier alpha value is -1.33. The first kappa shape index (κ1) is 12.1. The first-order chi connectivity index (χ1) is 8.11. The van der Waals surface area contributed by atoms with Crippen LogP contribution in [0.1, 0.15) is 30.0 Å². The highest BCUT2D eigenvalue weighted by atomic mass is 16.3. The van der Waals surface area contributed by atoms with Crippen molar-refractivity contribution in [1.29, 1.82) is 0 Å². The van der Waals surface area contributed by atoms with Crippen molar-refractivity contribution in [1.82, 2.24) is 10.3 Å². The zero-order chi connectivity index (χ0) is 12.4. The quantitative estimate of drug-likeness (QED) is 0.467. The molecule has 0 aliphatic carbocycles. The molecule has 2 atom stereocenters. The largest absolute Gasteiger partial charge is 0.467 e. The van der Waals surface area contributed by atoms with E-state index in [1.54, 1.807) is 6.07 Å². The van der Waals surface area contributed by atoms with Gasteiger partial charge in [-0.15, -0.1) is 0 Å². The molecule has 1 aliphatic rings. The monoisotopic (exact) mass is 237 g/mol. The maximum absolute atomic E-state index is 11.5. The van der Waals surface area contributed by atoms with Gasteiger partial charge >= 0.3 is 0 Å². The van der Waals surface area contributed by atoms with E-state index in [1.165, 1.54) is 6.26 Å². The second-order valence-electron chi connectivity index (χ2n) is 4.88. The van der Waals surface area contributed by atoms with Crippen LogP contribution in [0.4, 0.5) is 0 Å². The number of nitrogens with one attached hydrogen (secondary N) is 1. The van der Waals surface area contributed by atoms with Gasteiger partial charge in [-0.2, -0.15) is 0 Å². The van der Waals surface area contributed by atoms with E-state index in [1.807, 2.05) is 0 Å². The number of rotatable bonds is 3. The number of likely N-dealkylation sites (tertiary alicyclic amines) is 1. The molecule has 2 unspecified atom stereocenters. The smallest absolute Gasteiger partial charge is 0.268 e. The molecule has 3 N–H and O–H groups in total. The van der Waals surface area contributed by atoms with Gasteiger partial charge in [-0.1, -0.05) is 13.8 Å². The lowest BCUT2D eigenvalue weighted by atomic mass is 10.0. The Morgan fingerprint density at radius 2 is 2.18 bits per heavy atom. The molecule has 2 heterocycles. The van der Waals surface area contributed by atoms with Crippen molar-refractivity contribution in [3.63, 3.8) is 0 Å². The van der Waals surface area contributed by atoms with Gasteiger partial charge in [0.2, 0.25) is 0 Å². The van der Waals surface area contributed by atoms with Gasteiger partial charge in [0.1, 0.15) is 5.76 Å². The number of hydrogen-bond acceptors (Lipinski definition) is 4. The van der Waals surface area contributed by atoms with Crippen molar-refractivity contribution >= 4 is 5.91 Å². The van der Waals surface area contributed by atoms with Crippen LogP contribution < -0.4 is 11.3 Å². The molecule has 17 heavy (non-hydrogen) atoms. The molecule has 1 amide bonds. The normalized spacial score (nSPS) is 25.1. The van der Waals surface area contributed by atoms with E-state index < -0.39 is 0 Å². The summed E-state index contributed by atoms with van der Waals surface area (Å²) in [6, 6.07) is 1.65. The van der Waals surface area contributed by atoms with Crippen molar-refractivity contribution in [2.24, 2.45) is 17.7 Å². The fraction of sp³-hybridized carbons (Fsp3) is 0.583. The number of furan rings is 1. The average Bonchev–Trinajstić information content (AvgIpc) is 2.86. The third-order valence-electron chi connectivity index (χ3n) is 3.55. The van der Waals surface area contributed by atoms with E-state index in [-0.39, 0.29) is 5.91 Å². The summed E-state index contributed by atoms with van der Waals surface area (Å²) < 4.78 is 5.36. The molecular formula is C12H19N3O2. The fourth-order valence-corrected chi connectivity index (χ4v) is 2.32. The maximum atomic E-state index is 11.5. The van der Waals surface area contributed by atoms with Crippen molar-refractivity contribution in [2.75, 3.05) is 13.1 Å². The summed E-state index contributed by atoms with van der Waals surface area (Å²) >= 11 is 0. The van der Waals surface area contributed by atoms with Gasteiger partial charge in [-0.25, -0.2) is 5.84 Å². The van der Waals surface area contributed by atoms with Crippen molar-refractivity contribution < 1.29 is 9.21 Å². The highest BCUT2D eigenvalue weighted by Gasteiger charge is 2.27. The Morgan fingerprint density at radius 1 is 1.53 bits per heavy atom. The number of hydrazine groups is 1. The number of nitrogens with two attached hydrogens (primary N) is 1. The van der Waals surface area contributed by atoms with Crippen LogP contribution in [0.15, 0.2) is 16.7 Å². The molecule has 0 spiro atoms. The van der Waals surface area contributed by atoms with E-state index in [0.717, 1.165) is 13.1 Å². The van der Waals surface area contributed by atoms with Gasteiger partial charge in [0, 0.05) is 13.1 Å². The van der Waals surface area contributed by atoms with Crippen LogP contribution in [-0.4, -0.2) is 23.9 Å². The third kappa shape index (κ3) is 2.50. The van der Waals surface area contributed by atoms with Gasteiger partial charge in [-0.05, 0) is 17.9 Å². The third-order valence-corrected chi connectivity index (χ3v) is 3.55. The van der Waals surface area contributed by atoms with Gasteiger partial charge < -0.3 is 4.42 Å². The summed E-state index contributed by atoms with van der Waals surface area (Å²) in [5.41, 5.74) is 2.66. The Labute approximate surface area is 101 Å². The number of carbonyl (C=O) groups excluding carboxylic acids is 1. The predicted octanol–water partition coefficient (Wildman–Crippen LogP) is 0.971. The Balaban J connectivity index is 2.04. The van der Waals surface area contributed by atoms with Gasteiger partial charge in [0.25, 0.3) is 5.91 Å². The first-order valence-corrected chi connectivity index (χ1v) is 5.91. The first-order valence-electron chi connectivity index (χ1n) is 5.91. The van der Waals surface area contributed by atoms with Crippen LogP contribution in [0.2, 0.25) is 0 Å². The standard InChI is InChI=1S/C12H19N3O2/c1-8-5-15(6-9(8)2)7-11-10(3-4-17-11)12(16)14-13/h3-4,8-9H,5-7,13H2,1-2H3,(H,14,16). The van der Waals surface area contributed by atoms with Crippen LogP contribution in [0, 0.1) is 11.8 Å². The molecule has 1 aliphatic heterocycles. The lowest BCUT2D eigenvalue weighted by Crippen LogP contribution is -2.31. The average molecular weight is 237 g/mol. The van der Waals surface area contributed by atoms with Crippen LogP contribution in [0.5, 0.6) is 0 Å². The van der Waals surface area contributed by atoms with Crippen LogP contribution >= 0.6 is 0 Å². The number of nitrogens with zero attached hydrogens (tertiary/aromatic N) is 1. The molecule has 5 heteroatoms. The molecule has 0 aromatic carbocycles. The molecule has 94 valence electrons. The highest BCUT2D eigenvalue weighted by molar-refractivity contribution is 5.94. The minimum absolute atomic E-state index is 0.297. The van der Waals surface area contributed by atoms with Gasteiger partial charge in [0.05, 0.1) is 18.4 Å². The van der Waals surface area contributed by atoms with E-state index in [9.17, 15) is 4.79 Å². The minimum atomic E-state index is -0.297. The second-order valence-corrected chi connectivity index (χ2v) is 4.88. The summed E-state index contributed by atoms with van der Waals surface area (Å²) in [6.07, 6.45) is 1.53. The zero-order valence-electron chi connectivity index (χ0n) is 10.3. The molecule has 2 rings (SSSR count). The van der Waals surface area contributed by atoms with E-state index in [4.69, 9.17) is 10.3 Å². The van der Waals surface area contributed by atoms with Crippen molar-refractivity contribution in [3.8, 4) is 0 Å². The predicted molar refractivity (Wildman–Crippen MR) is 64.0 cm³/mol. The number of amides is 1. The highest BCUT2D eigenvalue weighted by Crippen LogP contribution is 2.24. The van der Waals surface area contributed by atoms with E-state index in [2.05, 4.69) is 24.2 Å². The van der Waals surface area contributed by atoms with Crippen LogP contribution in [0.25, 0.3) is 0 Å². The Morgan fingerprint density at radius 3 is 2.76 bits per heavy atom. The molecule has 1 fully saturated rings. The zero-order valence-corrected chi connectivity index (χ0v) is 10.3. The van der Waals surface area contributed by atoms with E-state index >= 15 is 0 Å². The molecular weight excluding hydrogens is 218 g/mol. The summed E-state index contributed by atoms with van der Waals surface area (Å²) in [6.45, 7) is 7.27. The molecule has 0 radical (unpaired) electrons. The minimum Gasteiger partial charge on any atom is -0.467 e. The number of hydrogen-bond donors (Lipinski definition) is 2. The number of carbonyl (C=O) groups is 1. The second kappa shape index (κ2) is 4.89. The molecule has 1 aromatic rings. The molecule has 1 saturated heterocycles. The molecule has 0 saturated carbocycles. The van der Waals surface area contributed by atoms with E-state index in [0.29, 0.717) is 29.7 Å². The lowest BCUT2D eigenvalue weighted by molar-refractivity contribution is 0.0950. The number of nitrogen functional groups attached to an aromatic ring is 1. The maximum Gasteiger partial charge on any atom is 0.268 e. The summed E-state index contributed by atoms with van der Waals surface area (Å²) in [4.78, 5) is 13.8. The Kier molecular flexibility index (Phi) is 3.49. The molecule has 5 nitrogen and oxygen atoms in total. The van der Waals surface area contributed by atoms with Crippen LogP contribution in [0.3, 0.4) is 0 Å². The van der Waals surface area contributed by atoms with Crippen molar-refractivity contribution in [2.45, 2.75) is 20.4 Å². The summed E-state index contributed by atoms with van der Waals surface area (Å²) in [5, 5.41) is 0. The SMILES string of the molecule is CC1CN(Cc2occc2C(=O)NN)CC1C. The molecule has 1 aromatic heterocycles.